The minimum Gasteiger partial charge on any atom is -0.466 e. The molecule has 0 aliphatic rings. The monoisotopic (exact) mass is 526 g/mol. The van der Waals surface area contributed by atoms with Crippen LogP contribution in [0.2, 0.25) is 0 Å². The first-order valence-corrected chi connectivity index (χ1v) is 13.4. The van der Waals surface area contributed by atoms with Gasteiger partial charge in [-0.05, 0) is 55.3 Å². The molecule has 3 aromatic carbocycles. The number of anilines is 1. The molecular weight excluding hydrogens is 492 g/mol. The van der Waals surface area contributed by atoms with Gasteiger partial charge in [0.05, 0.1) is 19.1 Å². The van der Waals surface area contributed by atoms with Crippen LogP contribution in [0.25, 0.3) is 22.8 Å². The Kier molecular flexibility index (Phi) is 9.83. The molecular formula is C31H34N4O4. The van der Waals surface area contributed by atoms with Crippen molar-refractivity contribution in [2.75, 3.05) is 18.5 Å². The molecule has 0 fully saturated rings. The number of ether oxygens (including phenoxy) is 1. The van der Waals surface area contributed by atoms with E-state index in [4.69, 9.17) is 9.26 Å². The lowest BCUT2D eigenvalue weighted by molar-refractivity contribution is -0.142. The summed E-state index contributed by atoms with van der Waals surface area (Å²) in [5.74, 6) is 0.501. The average molecular weight is 527 g/mol. The van der Waals surface area contributed by atoms with Crippen LogP contribution in [0.15, 0.2) is 83.4 Å². The third-order valence-electron chi connectivity index (χ3n) is 6.27. The van der Waals surface area contributed by atoms with E-state index >= 15 is 0 Å². The maximum atomic E-state index is 12.4. The molecule has 0 unspecified atom stereocenters. The summed E-state index contributed by atoms with van der Waals surface area (Å²) in [6.45, 7) is 4.50. The van der Waals surface area contributed by atoms with Crippen LogP contribution < -0.4 is 10.6 Å². The van der Waals surface area contributed by atoms with Crippen LogP contribution in [-0.2, 0) is 9.53 Å². The fourth-order valence-electron chi connectivity index (χ4n) is 4.17. The highest BCUT2D eigenvalue weighted by Gasteiger charge is 2.15. The summed E-state index contributed by atoms with van der Waals surface area (Å²) in [5, 5.41) is 10.5. The lowest BCUT2D eigenvalue weighted by Crippen LogP contribution is -2.26. The number of nitrogens with zero attached hydrogens (tertiary/aromatic N) is 2. The van der Waals surface area contributed by atoms with Crippen LogP contribution in [0.1, 0.15) is 61.5 Å². The van der Waals surface area contributed by atoms with Crippen LogP contribution in [0.5, 0.6) is 0 Å². The van der Waals surface area contributed by atoms with E-state index in [9.17, 15) is 9.59 Å². The molecule has 1 atom stereocenters. The van der Waals surface area contributed by atoms with Gasteiger partial charge in [-0.3, -0.25) is 9.59 Å². The number of amides is 1. The summed E-state index contributed by atoms with van der Waals surface area (Å²) in [5.41, 5.74) is 4.39. The summed E-state index contributed by atoms with van der Waals surface area (Å²) < 4.78 is 10.3. The molecule has 4 rings (SSSR count). The molecule has 0 saturated carbocycles. The van der Waals surface area contributed by atoms with Gasteiger partial charge < -0.3 is 19.9 Å². The van der Waals surface area contributed by atoms with E-state index in [2.05, 4.69) is 39.8 Å². The van der Waals surface area contributed by atoms with Crippen molar-refractivity contribution < 1.29 is 18.8 Å². The third kappa shape index (κ3) is 7.77. The second kappa shape index (κ2) is 13.9. The van der Waals surface area contributed by atoms with Gasteiger partial charge in [0.2, 0.25) is 5.82 Å². The first-order valence-electron chi connectivity index (χ1n) is 13.4. The van der Waals surface area contributed by atoms with Crippen molar-refractivity contribution in [3.63, 3.8) is 0 Å². The van der Waals surface area contributed by atoms with Crippen molar-refractivity contribution in [1.82, 2.24) is 15.5 Å². The number of esters is 1. The lowest BCUT2D eigenvalue weighted by atomic mass is 9.99. The van der Waals surface area contributed by atoms with E-state index in [1.165, 1.54) is 0 Å². The molecule has 39 heavy (non-hydrogen) atoms. The molecule has 8 heteroatoms. The normalized spacial score (nSPS) is 11.5. The Morgan fingerprint density at radius 1 is 0.923 bits per heavy atom. The summed E-state index contributed by atoms with van der Waals surface area (Å²) in [4.78, 5) is 28.4. The van der Waals surface area contributed by atoms with Gasteiger partial charge in [-0.1, -0.05) is 67.4 Å². The number of aromatic nitrogens is 2. The number of unbranched alkanes of at least 4 members (excludes halogenated alkanes) is 1. The Morgan fingerprint density at radius 3 is 2.36 bits per heavy atom. The number of carbonyl (C=O) groups is 2. The van der Waals surface area contributed by atoms with Gasteiger partial charge in [0.15, 0.2) is 0 Å². The molecule has 8 nitrogen and oxygen atoms in total. The topological polar surface area (TPSA) is 106 Å². The molecule has 0 bridgehead atoms. The number of carbonyl (C=O) groups excluding carboxylic acids is 2. The highest BCUT2D eigenvalue weighted by atomic mass is 16.5. The molecule has 1 heterocycles. The van der Waals surface area contributed by atoms with Crippen molar-refractivity contribution in [2.24, 2.45) is 0 Å². The number of rotatable bonds is 13. The number of hydrogen-bond acceptors (Lipinski definition) is 7. The van der Waals surface area contributed by atoms with Gasteiger partial charge in [0.25, 0.3) is 11.8 Å². The lowest BCUT2D eigenvalue weighted by Gasteiger charge is -2.21. The molecule has 4 aromatic rings. The second-order valence-corrected chi connectivity index (χ2v) is 9.14. The van der Waals surface area contributed by atoms with Gasteiger partial charge in [-0.15, -0.1) is 0 Å². The zero-order valence-electron chi connectivity index (χ0n) is 22.4. The predicted molar refractivity (Wildman–Crippen MR) is 151 cm³/mol. The van der Waals surface area contributed by atoms with Gasteiger partial charge in [0.1, 0.15) is 0 Å². The van der Waals surface area contributed by atoms with Gasteiger partial charge >= 0.3 is 5.97 Å². The first-order chi connectivity index (χ1) is 19.1. The molecule has 0 radical (unpaired) electrons. The Labute approximate surface area is 228 Å². The molecule has 1 amide bonds. The third-order valence-corrected chi connectivity index (χ3v) is 6.27. The second-order valence-electron chi connectivity index (χ2n) is 9.14. The summed E-state index contributed by atoms with van der Waals surface area (Å²) in [6.07, 6.45) is 3.28. The van der Waals surface area contributed by atoms with Crippen molar-refractivity contribution in [2.45, 2.75) is 45.6 Å². The highest BCUT2D eigenvalue weighted by Crippen LogP contribution is 2.28. The molecule has 0 aliphatic carbocycles. The largest absolute Gasteiger partial charge is 0.466 e. The van der Waals surface area contributed by atoms with E-state index in [1.807, 2.05) is 54.6 Å². The van der Waals surface area contributed by atoms with Crippen molar-refractivity contribution in [3.05, 3.63) is 90.0 Å². The van der Waals surface area contributed by atoms with Gasteiger partial charge in [-0.25, -0.2) is 0 Å². The summed E-state index contributed by atoms with van der Waals surface area (Å²) in [7, 11) is 0. The molecule has 0 aliphatic heterocycles. The zero-order chi connectivity index (χ0) is 27.5. The van der Waals surface area contributed by atoms with E-state index in [0.29, 0.717) is 23.9 Å². The van der Waals surface area contributed by atoms with Crippen LogP contribution >= 0.6 is 0 Å². The fourth-order valence-corrected chi connectivity index (χ4v) is 4.17. The maximum Gasteiger partial charge on any atom is 0.307 e. The van der Waals surface area contributed by atoms with Crippen LogP contribution in [0.3, 0.4) is 0 Å². The molecule has 0 spiro atoms. The summed E-state index contributed by atoms with van der Waals surface area (Å²) in [6, 6.07) is 25.4. The van der Waals surface area contributed by atoms with Crippen molar-refractivity contribution >= 4 is 17.6 Å². The molecule has 202 valence electrons. The number of nitrogens with one attached hydrogen (secondary N) is 2. The predicted octanol–water partition coefficient (Wildman–Crippen LogP) is 6.43. The first kappa shape index (κ1) is 27.6. The van der Waals surface area contributed by atoms with Crippen molar-refractivity contribution in [1.29, 1.82) is 0 Å². The van der Waals surface area contributed by atoms with E-state index < -0.39 is 0 Å². The van der Waals surface area contributed by atoms with E-state index in [1.54, 1.807) is 19.1 Å². The van der Waals surface area contributed by atoms with Gasteiger partial charge in [0, 0.05) is 28.9 Å². The zero-order valence-corrected chi connectivity index (χ0v) is 22.4. The summed E-state index contributed by atoms with van der Waals surface area (Å²) >= 11 is 0. The molecule has 1 aromatic heterocycles. The number of benzene rings is 3. The maximum absolute atomic E-state index is 12.4. The Bertz CT molecular complexity index is 1340. The van der Waals surface area contributed by atoms with E-state index in [-0.39, 0.29) is 30.9 Å². The number of hydrogen-bond donors (Lipinski definition) is 2. The standard InChI is InChI=1S/C31H34N4O4/c1-3-5-11-27(33-26-18-16-24(17-19-26)30(37)32-21-20-28(36)38-4-2)22-12-14-23(15-13-22)29-34-31(39-35-29)25-9-7-6-8-10-25/h6-10,12-19,27,33H,3-5,11,20-21H2,1-2H3,(H,32,37)/t27-/m0/s1. The van der Waals surface area contributed by atoms with Crippen LogP contribution in [0, 0.1) is 0 Å². The SMILES string of the molecule is CCCC[C@H](Nc1ccc(C(=O)NCCC(=O)OCC)cc1)c1ccc(-c2noc(-c3ccccc3)n2)cc1. The molecule has 2 N–H and O–H groups in total. The Hall–Kier alpha value is -4.46. The van der Waals surface area contributed by atoms with Gasteiger partial charge in [-0.2, -0.15) is 4.98 Å². The van der Waals surface area contributed by atoms with E-state index in [0.717, 1.165) is 41.6 Å². The van der Waals surface area contributed by atoms with Crippen LogP contribution in [0.4, 0.5) is 5.69 Å². The fraction of sp³-hybridized carbons (Fsp3) is 0.290. The minimum atomic E-state index is -0.322. The Balaban J connectivity index is 1.39. The Morgan fingerprint density at radius 2 is 1.67 bits per heavy atom. The van der Waals surface area contributed by atoms with Crippen molar-refractivity contribution in [3.8, 4) is 22.8 Å². The quantitative estimate of drug-likeness (QED) is 0.193. The highest BCUT2D eigenvalue weighted by molar-refractivity contribution is 5.94. The van der Waals surface area contributed by atoms with Crippen LogP contribution in [-0.4, -0.2) is 35.2 Å². The molecule has 0 saturated heterocycles. The average Bonchev–Trinajstić information content (AvgIpc) is 3.47. The minimum absolute atomic E-state index is 0.105. The smallest absolute Gasteiger partial charge is 0.307 e.